The number of benzene rings is 3. The van der Waals surface area contributed by atoms with Crippen molar-refractivity contribution in [2.45, 2.75) is 13.0 Å². The summed E-state index contributed by atoms with van der Waals surface area (Å²) in [6.07, 6.45) is 1.75. The van der Waals surface area contributed by atoms with Crippen LogP contribution in [0.3, 0.4) is 0 Å². The molecule has 0 saturated heterocycles. The van der Waals surface area contributed by atoms with E-state index in [4.69, 9.17) is 35.5 Å². The number of carbonyl (C=O) groups is 1. The lowest BCUT2D eigenvalue weighted by atomic mass is 9.93. The van der Waals surface area contributed by atoms with Gasteiger partial charge in [0.2, 0.25) is 6.79 Å². The number of halogens is 1. The topological polar surface area (TPSA) is 88.4 Å². The van der Waals surface area contributed by atoms with Crippen LogP contribution in [0.2, 0.25) is 5.02 Å². The third kappa shape index (κ3) is 4.57. The first kappa shape index (κ1) is 25.9. The van der Waals surface area contributed by atoms with E-state index < -0.39 is 12.0 Å². The third-order valence-electron chi connectivity index (χ3n) is 6.56. The van der Waals surface area contributed by atoms with Gasteiger partial charge in [-0.1, -0.05) is 65.4 Å². The normalized spacial score (nSPS) is 16.0. The van der Waals surface area contributed by atoms with Crippen molar-refractivity contribution < 1.29 is 23.7 Å². The molecule has 0 amide bonds. The minimum absolute atomic E-state index is 0.0990. The standard InChI is InChI=1S/C30H23ClN2O6S/c1-3-37-29(35)25-26(18-7-5-4-6-8-18)32-30-33(27(25)19-10-12-22-23(15-19)39-16-38-22)28(34)24(40-30)14-17-9-11-21(36-2)20(31)13-17/h4-15,27H,3,16H2,1-2H3/b24-14+/t27-/m1/s1. The minimum Gasteiger partial charge on any atom is -0.495 e. The molecular formula is C30H23ClN2O6S. The summed E-state index contributed by atoms with van der Waals surface area (Å²) in [6.45, 7) is 2.01. The van der Waals surface area contributed by atoms with Gasteiger partial charge >= 0.3 is 5.97 Å². The molecule has 1 atom stereocenters. The molecule has 0 saturated carbocycles. The predicted molar refractivity (Wildman–Crippen MR) is 152 cm³/mol. The fourth-order valence-corrected chi connectivity index (χ4v) is 6.03. The Kier molecular flexibility index (Phi) is 6.91. The van der Waals surface area contributed by atoms with E-state index in [0.717, 1.165) is 11.1 Å². The molecule has 0 unspecified atom stereocenters. The molecule has 0 fully saturated rings. The van der Waals surface area contributed by atoms with Gasteiger partial charge in [0, 0.05) is 5.56 Å². The van der Waals surface area contributed by atoms with Crippen LogP contribution < -0.4 is 29.1 Å². The predicted octanol–water partition coefficient (Wildman–Crippen LogP) is 4.33. The van der Waals surface area contributed by atoms with Crippen LogP contribution in [0.25, 0.3) is 11.8 Å². The number of methoxy groups -OCH3 is 1. The van der Waals surface area contributed by atoms with E-state index in [2.05, 4.69) is 0 Å². The van der Waals surface area contributed by atoms with E-state index in [1.54, 1.807) is 44.4 Å². The molecule has 3 aromatic carbocycles. The number of esters is 1. The summed E-state index contributed by atoms with van der Waals surface area (Å²) in [7, 11) is 1.54. The second-order valence-electron chi connectivity index (χ2n) is 8.94. The average molecular weight is 575 g/mol. The number of ether oxygens (including phenoxy) is 4. The maximum absolute atomic E-state index is 14.0. The molecular weight excluding hydrogens is 552 g/mol. The number of carbonyl (C=O) groups excluding carboxylic acids is 1. The van der Waals surface area contributed by atoms with E-state index in [-0.39, 0.29) is 24.5 Å². The third-order valence-corrected chi connectivity index (χ3v) is 7.84. The van der Waals surface area contributed by atoms with Gasteiger partial charge in [-0.25, -0.2) is 9.79 Å². The Labute approximate surface area is 238 Å². The fraction of sp³-hybridized carbons (Fsp3) is 0.167. The molecule has 2 aliphatic rings. The molecule has 10 heteroatoms. The summed E-state index contributed by atoms with van der Waals surface area (Å²) in [6, 6.07) is 19.3. The zero-order valence-corrected chi connectivity index (χ0v) is 23.1. The summed E-state index contributed by atoms with van der Waals surface area (Å²) < 4.78 is 23.9. The number of thiazole rings is 1. The summed E-state index contributed by atoms with van der Waals surface area (Å²) in [4.78, 5) is 32.9. The first-order valence-corrected chi connectivity index (χ1v) is 13.7. The second kappa shape index (κ2) is 10.7. The van der Waals surface area contributed by atoms with E-state index in [1.807, 2.05) is 42.5 Å². The Morgan fingerprint density at radius 2 is 1.93 bits per heavy atom. The summed E-state index contributed by atoms with van der Waals surface area (Å²) >= 11 is 7.57. The number of aromatic nitrogens is 1. The zero-order valence-electron chi connectivity index (χ0n) is 21.5. The van der Waals surface area contributed by atoms with Gasteiger partial charge in [-0.3, -0.25) is 9.36 Å². The highest BCUT2D eigenvalue weighted by atomic mass is 35.5. The molecule has 8 nitrogen and oxygen atoms in total. The van der Waals surface area contributed by atoms with Crippen molar-refractivity contribution in [1.29, 1.82) is 0 Å². The first-order chi connectivity index (χ1) is 19.5. The minimum atomic E-state index is -0.818. The molecule has 4 aromatic rings. The molecule has 2 aliphatic heterocycles. The fourth-order valence-electron chi connectivity index (χ4n) is 4.76. The van der Waals surface area contributed by atoms with Crippen LogP contribution in [-0.4, -0.2) is 31.0 Å². The van der Waals surface area contributed by atoms with E-state index in [0.29, 0.717) is 42.9 Å². The molecule has 0 spiro atoms. The number of rotatable bonds is 6. The van der Waals surface area contributed by atoms with E-state index in [1.165, 1.54) is 15.9 Å². The lowest BCUT2D eigenvalue weighted by Crippen LogP contribution is -2.40. The van der Waals surface area contributed by atoms with Crippen molar-refractivity contribution >= 4 is 40.7 Å². The Hall–Kier alpha value is -4.34. The van der Waals surface area contributed by atoms with Gasteiger partial charge < -0.3 is 18.9 Å². The lowest BCUT2D eigenvalue weighted by molar-refractivity contribution is -0.138. The monoisotopic (exact) mass is 574 g/mol. The molecule has 0 N–H and O–H groups in total. The van der Waals surface area contributed by atoms with Crippen LogP contribution in [0, 0.1) is 0 Å². The van der Waals surface area contributed by atoms with Crippen LogP contribution in [0.15, 0.2) is 82.1 Å². The molecule has 3 heterocycles. The van der Waals surface area contributed by atoms with Crippen molar-refractivity contribution in [3.63, 3.8) is 0 Å². The zero-order chi connectivity index (χ0) is 27.8. The van der Waals surface area contributed by atoms with Gasteiger partial charge in [0.25, 0.3) is 5.56 Å². The summed E-state index contributed by atoms with van der Waals surface area (Å²) in [5.41, 5.74) is 2.53. The number of nitrogens with zero attached hydrogens (tertiary/aromatic N) is 2. The van der Waals surface area contributed by atoms with Crippen molar-refractivity contribution in [1.82, 2.24) is 4.57 Å². The molecule has 40 heavy (non-hydrogen) atoms. The van der Waals surface area contributed by atoms with Crippen molar-refractivity contribution in [3.8, 4) is 17.2 Å². The van der Waals surface area contributed by atoms with E-state index >= 15 is 0 Å². The molecule has 0 radical (unpaired) electrons. The van der Waals surface area contributed by atoms with Gasteiger partial charge in [-0.15, -0.1) is 0 Å². The van der Waals surface area contributed by atoms with Crippen LogP contribution in [0.4, 0.5) is 0 Å². The highest BCUT2D eigenvalue weighted by Crippen LogP contribution is 2.40. The van der Waals surface area contributed by atoms with Crippen LogP contribution in [0.5, 0.6) is 17.2 Å². The number of hydrogen-bond acceptors (Lipinski definition) is 8. The molecule has 202 valence electrons. The van der Waals surface area contributed by atoms with E-state index in [9.17, 15) is 9.59 Å². The lowest BCUT2D eigenvalue weighted by Gasteiger charge is -2.26. The SMILES string of the molecule is CCOC(=O)C1=C(c2ccccc2)N=c2s/c(=C/c3ccc(OC)c(Cl)c3)c(=O)n2[C@@H]1c1ccc2c(c1)OCO2. The van der Waals surface area contributed by atoms with Crippen molar-refractivity contribution in [2.75, 3.05) is 20.5 Å². The average Bonchev–Trinajstić information content (AvgIpc) is 3.56. The Balaban J connectivity index is 1.62. The van der Waals surface area contributed by atoms with Gasteiger partial charge in [0.05, 0.1) is 40.6 Å². The highest BCUT2D eigenvalue weighted by molar-refractivity contribution is 7.07. The smallest absolute Gasteiger partial charge is 0.338 e. The number of hydrogen-bond donors (Lipinski definition) is 0. The Morgan fingerprint density at radius 1 is 1.12 bits per heavy atom. The van der Waals surface area contributed by atoms with Crippen LogP contribution in [0.1, 0.15) is 29.7 Å². The molecule has 1 aromatic heterocycles. The maximum Gasteiger partial charge on any atom is 0.338 e. The highest BCUT2D eigenvalue weighted by Gasteiger charge is 2.36. The van der Waals surface area contributed by atoms with Crippen LogP contribution in [-0.2, 0) is 9.53 Å². The summed E-state index contributed by atoms with van der Waals surface area (Å²) in [5, 5.41) is 0.429. The number of fused-ring (bicyclic) bond motifs is 2. The van der Waals surface area contributed by atoms with Gasteiger partial charge in [-0.05, 0) is 48.4 Å². The Bertz CT molecular complexity index is 1840. The quantitative estimate of drug-likeness (QED) is 0.319. The van der Waals surface area contributed by atoms with Crippen molar-refractivity contribution in [3.05, 3.63) is 114 Å². The molecule has 6 rings (SSSR count). The van der Waals surface area contributed by atoms with Gasteiger partial charge in [0.1, 0.15) is 5.75 Å². The molecule has 0 aliphatic carbocycles. The summed E-state index contributed by atoms with van der Waals surface area (Å²) in [5.74, 6) is 1.12. The van der Waals surface area contributed by atoms with Gasteiger partial charge in [-0.2, -0.15) is 0 Å². The maximum atomic E-state index is 14.0. The molecule has 0 bridgehead atoms. The Morgan fingerprint density at radius 3 is 2.67 bits per heavy atom. The first-order valence-electron chi connectivity index (χ1n) is 12.5. The van der Waals surface area contributed by atoms with Crippen LogP contribution >= 0.6 is 22.9 Å². The van der Waals surface area contributed by atoms with Gasteiger partial charge in [0.15, 0.2) is 16.3 Å². The second-order valence-corrected chi connectivity index (χ2v) is 10.4. The largest absolute Gasteiger partial charge is 0.495 e. The van der Waals surface area contributed by atoms with Crippen molar-refractivity contribution in [2.24, 2.45) is 4.99 Å².